The maximum Gasteiger partial charge on any atom is 0.436 e. The second kappa shape index (κ2) is 6.57. The van der Waals surface area contributed by atoms with Crippen molar-refractivity contribution >= 4 is 22.9 Å². The van der Waals surface area contributed by atoms with E-state index >= 15 is 0 Å². The van der Waals surface area contributed by atoms with Crippen LogP contribution in [-0.2, 0) is 4.74 Å². The van der Waals surface area contributed by atoms with Gasteiger partial charge in [0.15, 0.2) is 5.52 Å². The van der Waals surface area contributed by atoms with E-state index < -0.39 is 17.3 Å². The first kappa shape index (κ1) is 18.7. The zero-order valence-electron chi connectivity index (χ0n) is 16.2. The molecule has 2 aromatic rings. The summed E-state index contributed by atoms with van der Waals surface area (Å²) >= 11 is 0. The van der Waals surface area contributed by atoms with Gasteiger partial charge in [-0.05, 0) is 39.0 Å². The molecule has 0 aliphatic heterocycles. The van der Waals surface area contributed by atoms with Gasteiger partial charge in [0.2, 0.25) is 0 Å². The summed E-state index contributed by atoms with van der Waals surface area (Å²) < 4.78 is 6.08. The standard InChI is InChI=1S/C20H24N4O3/c1-19(2,3)27-18(26)24-17(25)16-14(23-24)9-10-15(22-16)21-13-8-6-7-11-20(4,5)12-13/h6-12,23H,1-5H3,(H,21,22). The fourth-order valence-corrected chi connectivity index (χ4v) is 2.68. The van der Waals surface area contributed by atoms with E-state index in [1.54, 1.807) is 32.9 Å². The first-order chi connectivity index (χ1) is 12.5. The summed E-state index contributed by atoms with van der Waals surface area (Å²) in [6, 6.07) is 3.45. The lowest BCUT2D eigenvalue weighted by atomic mass is 9.92. The monoisotopic (exact) mass is 368 g/mol. The molecule has 2 aromatic heterocycles. The molecule has 142 valence electrons. The van der Waals surface area contributed by atoms with Crippen LogP contribution in [0.25, 0.3) is 11.0 Å². The Morgan fingerprint density at radius 3 is 2.70 bits per heavy atom. The second-order valence-electron chi connectivity index (χ2n) is 8.09. The molecule has 0 radical (unpaired) electrons. The van der Waals surface area contributed by atoms with Crippen LogP contribution >= 0.6 is 0 Å². The largest absolute Gasteiger partial charge is 0.442 e. The van der Waals surface area contributed by atoms with Crippen molar-refractivity contribution in [2.75, 3.05) is 5.32 Å². The molecule has 27 heavy (non-hydrogen) atoms. The Labute approximate surface area is 157 Å². The van der Waals surface area contributed by atoms with Crippen molar-refractivity contribution in [1.82, 2.24) is 14.8 Å². The Balaban J connectivity index is 1.92. The molecule has 3 rings (SSSR count). The number of allylic oxidation sites excluding steroid dienone is 5. The molecule has 0 atom stereocenters. The quantitative estimate of drug-likeness (QED) is 0.838. The molecular formula is C20H24N4O3. The van der Waals surface area contributed by atoms with Gasteiger partial charge in [-0.2, -0.15) is 0 Å². The minimum absolute atomic E-state index is 0.104. The summed E-state index contributed by atoms with van der Waals surface area (Å²) in [7, 11) is 0. The average molecular weight is 368 g/mol. The van der Waals surface area contributed by atoms with E-state index in [2.05, 4.69) is 41.4 Å². The molecule has 1 aliphatic rings. The number of carbonyl (C=O) groups is 1. The smallest absolute Gasteiger partial charge is 0.436 e. The SMILES string of the molecule is CC1(C)C=CC=CC(Nc2ccc3[nH]n(C(=O)OC(C)(C)C)c(=O)c3n2)=C1. The molecule has 7 heteroatoms. The van der Waals surface area contributed by atoms with Gasteiger partial charge in [-0.15, -0.1) is 4.68 Å². The van der Waals surface area contributed by atoms with Crippen LogP contribution in [0.2, 0.25) is 0 Å². The third-order valence-corrected chi connectivity index (χ3v) is 3.82. The lowest BCUT2D eigenvalue weighted by Crippen LogP contribution is -2.32. The van der Waals surface area contributed by atoms with Crippen molar-refractivity contribution < 1.29 is 9.53 Å². The molecule has 0 spiro atoms. The molecule has 0 fully saturated rings. The Hall–Kier alpha value is -3.09. The maximum absolute atomic E-state index is 12.6. The highest BCUT2D eigenvalue weighted by Gasteiger charge is 2.22. The van der Waals surface area contributed by atoms with Crippen LogP contribution in [0.4, 0.5) is 10.6 Å². The molecule has 2 heterocycles. The molecule has 7 nitrogen and oxygen atoms in total. The van der Waals surface area contributed by atoms with Gasteiger partial charge in [0, 0.05) is 11.1 Å². The molecule has 2 N–H and O–H groups in total. The van der Waals surface area contributed by atoms with E-state index in [-0.39, 0.29) is 10.9 Å². The number of fused-ring (bicyclic) bond motifs is 1. The number of carbonyl (C=O) groups excluding carboxylic acids is 1. The van der Waals surface area contributed by atoms with Crippen molar-refractivity contribution in [3.05, 3.63) is 58.6 Å². The summed E-state index contributed by atoms with van der Waals surface area (Å²) in [5.74, 6) is 0.517. The molecule has 0 amide bonds. The summed E-state index contributed by atoms with van der Waals surface area (Å²) in [6.45, 7) is 9.41. The Morgan fingerprint density at radius 1 is 1.26 bits per heavy atom. The number of H-pyrrole nitrogens is 1. The third-order valence-electron chi connectivity index (χ3n) is 3.82. The fourth-order valence-electron chi connectivity index (χ4n) is 2.68. The van der Waals surface area contributed by atoms with Crippen LogP contribution < -0.4 is 10.9 Å². The van der Waals surface area contributed by atoms with Gasteiger partial charge in [-0.25, -0.2) is 9.78 Å². The number of ether oxygens (including phenoxy) is 1. The highest BCUT2D eigenvalue weighted by atomic mass is 16.6. The van der Waals surface area contributed by atoms with Gasteiger partial charge >= 0.3 is 11.7 Å². The normalized spacial score (nSPS) is 16.1. The number of nitrogens with zero attached hydrogens (tertiary/aromatic N) is 2. The summed E-state index contributed by atoms with van der Waals surface area (Å²) in [6.07, 6.45) is 9.29. The van der Waals surface area contributed by atoms with Gasteiger partial charge in [0.25, 0.3) is 0 Å². The van der Waals surface area contributed by atoms with Crippen molar-refractivity contribution in [3.8, 4) is 0 Å². The first-order valence-electron chi connectivity index (χ1n) is 8.75. The number of nitrogens with one attached hydrogen (secondary N) is 2. The highest BCUT2D eigenvalue weighted by Crippen LogP contribution is 2.24. The molecule has 0 unspecified atom stereocenters. The van der Waals surface area contributed by atoms with Gasteiger partial charge in [0.1, 0.15) is 11.4 Å². The van der Waals surface area contributed by atoms with E-state index in [1.807, 2.05) is 18.2 Å². The second-order valence-corrected chi connectivity index (χ2v) is 8.09. The maximum atomic E-state index is 12.6. The minimum atomic E-state index is -0.762. The molecule has 0 aromatic carbocycles. The minimum Gasteiger partial charge on any atom is -0.442 e. The highest BCUT2D eigenvalue weighted by molar-refractivity contribution is 5.80. The molecule has 0 saturated carbocycles. The van der Waals surface area contributed by atoms with Gasteiger partial charge in [0.05, 0.1) is 5.52 Å². The molecule has 0 bridgehead atoms. The average Bonchev–Trinajstić information content (AvgIpc) is 2.75. The van der Waals surface area contributed by atoms with Gasteiger partial charge < -0.3 is 10.1 Å². The van der Waals surface area contributed by atoms with E-state index in [0.29, 0.717) is 11.3 Å². The lowest BCUT2D eigenvalue weighted by molar-refractivity contribution is 0.0510. The fraction of sp³-hybridized carbons (Fsp3) is 0.350. The topological polar surface area (TPSA) is 89.0 Å². The number of rotatable bonds is 2. The summed E-state index contributed by atoms with van der Waals surface area (Å²) in [5.41, 5.74) is 0.154. The van der Waals surface area contributed by atoms with Crippen LogP contribution in [0.1, 0.15) is 34.6 Å². The zero-order chi connectivity index (χ0) is 19.8. The molecular weight excluding hydrogens is 344 g/mol. The van der Waals surface area contributed by atoms with Crippen molar-refractivity contribution in [2.45, 2.75) is 40.2 Å². The van der Waals surface area contributed by atoms with Crippen molar-refractivity contribution in [3.63, 3.8) is 0 Å². The Bertz CT molecular complexity index is 1030. The van der Waals surface area contributed by atoms with Crippen LogP contribution in [-0.4, -0.2) is 26.5 Å². The van der Waals surface area contributed by atoms with Crippen molar-refractivity contribution in [2.24, 2.45) is 5.41 Å². The van der Waals surface area contributed by atoms with Gasteiger partial charge in [-0.1, -0.05) is 38.2 Å². The third kappa shape index (κ3) is 4.36. The predicted molar refractivity (Wildman–Crippen MR) is 106 cm³/mol. The Kier molecular flexibility index (Phi) is 4.55. The summed E-state index contributed by atoms with van der Waals surface area (Å²) in [4.78, 5) is 29.1. The summed E-state index contributed by atoms with van der Waals surface area (Å²) in [5, 5.41) is 5.96. The molecule has 1 aliphatic carbocycles. The van der Waals surface area contributed by atoms with E-state index in [0.717, 1.165) is 10.4 Å². The van der Waals surface area contributed by atoms with E-state index in [9.17, 15) is 9.59 Å². The predicted octanol–water partition coefficient (Wildman–Crippen LogP) is 3.96. The van der Waals surface area contributed by atoms with E-state index in [1.165, 1.54) is 0 Å². The number of pyridine rings is 1. The zero-order valence-corrected chi connectivity index (χ0v) is 16.2. The van der Waals surface area contributed by atoms with E-state index in [4.69, 9.17) is 4.74 Å². The van der Waals surface area contributed by atoms with Crippen LogP contribution in [0.3, 0.4) is 0 Å². The van der Waals surface area contributed by atoms with Crippen LogP contribution in [0.5, 0.6) is 0 Å². The number of aromatic nitrogens is 3. The Morgan fingerprint density at radius 2 is 2.00 bits per heavy atom. The number of hydrogen-bond acceptors (Lipinski definition) is 5. The van der Waals surface area contributed by atoms with Crippen LogP contribution in [0.15, 0.2) is 53.0 Å². The number of aromatic amines is 1. The number of hydrogen-bond donors (Lipinski definition) is 2. The number of anilines is 1. The molecule has 0 saturated heterocycles. The van der Waals surface area contributed by atoms with Gasteiger partial charge in [-0.3, -0.25) is 9.89 Å². The lowest BCUT2D eigenvalue weighted by Gasteiger charge is -2.18. The van der Waals surface area contributed by atoms with Crippen LogP contribution in [0, 0.1) is 5.41 Å². The van der Waals surface area contributed by atoms with Crippen molar-refractivity contribution in [1.29, 1.82) is 0 Å². The first-order valence-corrected chi connectivity index (χ1v) is 8.75.